The number of carbonyl (C=O) groups is 2. The van der Waals surface area contributed by atoms with Gasteiger partial charge in [0, 0.05) is 24.0 Å². The van der Waals surface area contributed by atoms with Gasteiger partial charge in [-0.05, 0) is 25.0 Å². The molecule has 0 radical (unpaired) electrons. The van der Waals surface area contributed by atoms with Crippen molar-refractivity contribution in [1.29, 1.82) is 0 Å². The van der Waals surface area contributed by atoms with Crippen LogP contribution >= 0.6 is 11.6 Å². The van der Waals surface area contributed by atoms with Gasteiger partial charge < -0.3 is 20.3 Å². The standard InChI is InChI=1S/C16H21ClN2O5/c1-23-11-7-10(17)8-12(24-2)13(11)14(16(21)22)19-5-3-9(4-6-19)15(18)20/h7-9,14H,3-6H2,1-2H3,(H2,18,20)(H,21,22)/t14-/m0/s1. The second kappa shape index (κ2) is 7.72. The van der Waals surface area contributed by atoms with Crippen LogP contribution in [-0.4, -0.2) is 49.2 Å². The molecule has 1 amide bonds. The zero-order chi connectivity index (χ0) is 17.9. The summed E-state index contributed by atoms with van der Waals surface area (Å²) < 4.78 is 10.6. The van der Waals surface area contributed by atoms with Gasteiger partial charge in [0.05, 0.1) is 19.8 Å². The third-order valence-corrected chi connectivity index (χ3v) is 4.53. The minimum atomic E-state index is -1.02. The lowest BCUT2D eigenvalue weighted by Gasteiger charge is -2.35. The van der Waals surface area contributed by atoms with Crippen LogP contribution in [0.2, 0.25) is 5.02 Å². The van der Waals surface area contributed by atoms with Crippen LogP contribution in [0.5, 0.6) is 11.5 Å². The zero-order valence-electron chi connectivity index (χ0n) is 13.6. The normalized spacial score (nSPS) is 17.3. The van der Waals surface area contributed by atoms with E-state index in [0.29, 0.717) is 48.0 Å². The Morgan fingerprint density at radius 2 is 1.75 bits per heavy atom. The van der Waals surface area contributed by atoms with E-state index in [1.165, 1.54) is 14.2 Å². The van der Waals surface area contributed by atoms with Crippen LogP contribution in [0, 0.1) is 5.92 Å². The van der Waals surface area contributed by atoms with Gasteiger partial charge in [0.15, 0.2) is 0 Å². The second-order valence-electron chi connectivity index (χ2n) is 5.68. The molecule has 0 bridgehead atoms. The maximum atomic E-state index is 12.0. The highest BCUT2D eigenvalue weighted by Crippen LogP contribution is 2.41. The molecular formula is C16H21ClN2O5. The van der Waals surface area contributed by atoms with E-state index in [1.807, 2.05) is 0 Å². The number of piperidine rings is 1. The van der Waals surface area contributed by atoms with Gasteiger partial charge in [-0.15, -0.1) is 0 Å². The molecule has 8 heteroatoms. The van der Waals surface area contributed by atoms with E-state index in [-0.39, 0.29) is 11.8 Å². The minimum Gasteiger partial charge on any atom is -0.496 e. The van der Waals surface area contributed by atoms with E-state index >= 15 is 0 Å². The number of rotatable bonds is 6. The predicted octanol–water partition coefficient (Wildman–Crippen LogP) is 1.68. The Kier molecular flexibility index (Phi) is 5.90. The van der Waals surface area contributed by atoms with Crippen LogP contribution in [-0.2, 0) is 9.59 Å². The zero-order valence-corrected chi connectivity index (χ0v) is 14.4. The summed E-state index contributed by atoms with van der Waals surface area (Å²) in [6.07, 6.45) is 1.05. The van der Waals surface area contributed by atoms with Crippen molar-refractivity contribution in [2.24, 2.45) is 11.7 Å². The number of methoxy groups -OCH3 is 2. The van der Waals surface area contributed by atoms with Gasteiger partial charge in [-0.25, -0.2) is 0 Å². The van der Waals surface area contributed by atoms with Gasteiger partial charge in [-0.1, -0.05) is 11.6 Å². The first-order chi connectivity index (χ1) is 11.4. The first kappa shape index (κ1) is 18.4. The third kappa shape index (κ3) is 3.73. The minimum absolute atomic E-state index is 0.218. The van der Waals surface area contributed by atoms with Gasteiger partial charge >= 0.3 is 5.97 Å². The number of aliphatic carboxylic acids is 1. The van der Waals surface area contributed by atoms with Crippen molar-refractivity contribution >= 4 is 23.5 Å². The smallest absolute Gasteiger partial charge is 0.325 e. The van der Waals surface area contributed by atoms with Crippen molar-refractivity contribution in [3.63, 3.8) is 0 Å². The van der Waals surface area contributed by atoms with Crippen molar-refractivity contribution in [1.82, 2.24) is 4.90 Å². The highest BCUT2D eigenvalue weighted by atomic mass is 35.5. The summed E-state index contributed by atoms with van der Waals surface area (Å²) in [7, 11) is 2.90. The average molecular weight is 357 g/mol. The summed E-state index contributed by atoms with van der Waals surface area (Å²) in [6, 6.07) is 2.16. The van der Waals surface area contributed by atoms with Crippen molar-refractivity contribution in [3.05, 3.63) is 22.7 Å². The Hall–Kier alpha value is -1.99. The number of carbonyl (C=O) groups excluding carboxylic acids is 1. The van der Waals surface area contributed by atoms with Crippen molar-refractivity contribution in [3.8, 4) is 11.5 Å². The fourth-order valence-corrected chi connectivity index (χ4v) is 3.28. The van der Waals surface area contributed by atoms with E-state index in [9.17, 15) is 14.7 Å². The van der Waals surface area contributed by atoms with Crippen LogP contribution in [0.15, 0.2) is 12.1 Å². The monoisotopic (exact) mass is 356 g/mol. The van der Waals surface area contributed by atoms with Crippen LogP contribution in [0.3, 0.4) is 0 Å². The van der Waals surface area contributed by atoms with E-state index in [2.05, 4.69) is 0 Å². The third-order valence-electron chi connectivity index (χ3n) is 4.31. The fourth-order valence-electron chi connectivity index (χ4n) is 3.08. The van der Waals surface area contributed by atoms with Gasteiger partial charge in [0.2, 0.25) is 5.91 Å². The molecule has 1 atom stereocenters. The summed E-state index contributed by atoms with van der Waals surface area (Å²) in [4.78, 5) is 25.1. The lowest BCUT2D eigenvalue weighted by Crippen LogP contribution is -2.43. The lowest BCUT2D eigenvalue weighted by molar-refractivity contribution is -0.144. The molecule has 1 saturated heterocycles. The molecule has 1 aromatic carbocycles. The molecule has 1 aliphatic rings. The Balaban J connectivity index is 2.39. The first-order valence-corrected chi connectivity index (χ1v) is 7.94. The quantitative estimate of drug-likeness (QED) is 0.804. The summed E-state index contributed by atoms with van der Waals surface area (Å²) >= 11 is 6.03. The van der Waals surface area contributed by atoms with E-state index < -0.39 is 12.0 Å². The molecule has 0 aliphatic carbocycles. The molecule has 1 heterocycles. The molecule has 2 rings (SSSR count). The fraction of sp³-hybridized carbons (Fsp3) is 0.500. The number of halogens is 1. The van der Waals surface area contributed by atoms with Crippen LogP contribution in [0.4, 0.5) is 0 Å². The molecular weight excluding hydrogens is 336 g/mol. The SMILES string of the molecule is COc1cc(Cl)cc(OC)c1[C@@H](C(=O)O)N1CCC(C(N)=O)CC1. The molecule has 1 fully saturated rings. The Morgan fingerprint density at radius 1 is 1.25 bits per heavy atom. The number of ether oxygens (including phenoxy) is 2. The molecule has 3 N–H and O–H groups in total. The highest BCUT2D eigenvalue weighted by molar-refractivity contribution is 6.31. The number of amides is 1. The summed E-state index contributed by atoms with van der Waals surface area (Å²) in [6.45, 7) is 0.888. The molecule has 1 aliphatic heterocycles. The molecule has 0 saturated carbocycles. The van der Waals surface area contributed by atoms with Gasteiger partial charge in [0.1, 0.15) is 17.5 Å². The van der Waals surface area contributed by atoms with Crippen molar-refractivity contribution in [2.75, 3.05) is 27.3 Å². The van der Waals surface area contributed by atoms with Gasteiger partial charge in [-0.3, -0.25) is 14.5 Å². The molecule has 0 unspecified atom stereocenters. The number of nitrogens with two attached hydrogens (primary N) is 1. The highest BCUT2D eigenvalue weighted by Gasteiger charge is 2.36. The maximum absolute atomic E-state index is 12.0. The molecule has 7 nitrogen and oxygen atoms in total. The Labute approximate surface area is 145 Å². The number of carboxylic acid groups (broad SMARTS) is 1. The topological polar surface area (TPSA) is 102 Å². The Morgan fingerprint density at radius 3 is 2.12 bits per heavy atom. The van der Waals surface area contributed by atoms with Crippen molar-refractivity contribution in [2.45, 2.75) is 18.9 Å². The summed E-state index contributed by atoms with van der Waals surface area (Å²) in [5.74, 6) is -0.883. The van der Waals surface area contributed by atoms with E-state index in [0.717, 1.165) is 0 Å². The molecule has 24 heavy (non-hydrogen) atoms. The predicted molar refractivity (Wildman–Crippen MR) is 88.4 cm³/mol. The molecule has 132 valence electrons. The number of hydrogen-bond acceptors (Lipinski definition) is 5. The van der Waals surface area contributed by atoms with Gasteiger partial charge in [-0.2, -0.15) is 0 Å². The second-order valence-corrected chi connectivity index (χ2v) is 6.11. The Bertz CT molecular complexity index is 604. The number of nitrogens with zero attached hydrogens (tertiary/aromatic N) is 1. The average Bonchev–Trinajstić information content (AvgIpc) is 2.55. The number of primary amides is 1. The molecule has 0 spiro atoms. The lowest BCUT2D eigenvalue weighted by atomic mass is 9.93. The number of benzene rings is 1. The number of carboxylic acids is 1. The molecule has 0 aromatic heterocycles. The molecule has 1 aromatic rings. The largest absolute Gasteiger partial charge is 0.496 e. The number of likely N-dealkylation sites (tertiary alicyclic amines) is 1. The van der Waals surface area contributed by atoms with Crippen molar-refractivity contribution < 1.29 is 24.2 Å². The van der Waals surface area contributed by atoms with Crippen LogP contribution < -0.4 is 15.2 Å². The summed E-state index contributed by atoms with van der Waals surface area (Å²) in [5.41, 5.74) is 5.75. The van der Waals surface area contributed by atoms with E-state index in [4.69, 9.17) is 26.8 Å². The van der Waals surface area contributed by atoms with Crippen LogP contribution in [0.25, 0.3) is 0 Å². The summed E-state index contributed by atoms with van der Waals surface area (Å²) in [5, 5.41) is 10.2. The maximum Gasteiger partial charge on any atom is 0.325 e. The van der Waals surface area contributed by atoms with E-state index in [1.54, 1.807) is 17.0 Å². The first-order valence-electron chi connectivity index (χ1n) is 7.56. The van der Waals surface area contributed by atoms with Crippen LogP contribution in [0.1, 0.15) is 24.4 Å². The van der Waals surface area contributed by atoms with Gasteiger partial charge in [0.25, 0.3) is 0 Å². The number of hydrogen-bond donors (Lipinski definition) is 2.